The first-order chi connectivity index (χ1) is 16.8. The molecule has 0 saturated heterocycles. The van der Waals surface area contributed by atoms with E-state index >= 15 is 0 Å². The van der Waals surface area contributed by atoms with Crippen LogP contribution < -0.4 is 21.1 Å². The van der Waals surface area contributed by atoms with Gasteiger partial charge in [0, 0.05) is 41.8 Å². The predicted molar refractivity (Wildman–Crippen MR) is 130 cm³/mol. The van der Waals surface area contributed by atoms with E-state index in [9.17, 15) is 13.6 Å². The summed E-state index contributed by atoms with van der Waals surface area (Å²) in [7, 11) is 1.28. The van der Waals surface area contributed by atoms with Gasteiger partial charge in [-0.25, -0.2) is 14.4 Å². The molecule has 0 radical (unpaired) electrons. The van der Waals surface area contributed by atoms with Crippen molar-refractivity contribution >= 4 is 23.1 Å². The summed E-state index contributed by atoms with van der Waals surface area (Å²) in [6.07, 6.45) is 5.25. The largest absolute Gasteiger partial charge is 0.494 e. The summed E-state index contributed by atoms with van der Waals surface area (Å²) in [6, 6.07) is 8.05. The van der Waals surface area contributed by atoms with Gasteiger partial charge < -0.3 is 21.1 Å². The first kappa shape index (κ1) is 24.1. The van der Waals surface area contributed by atoms with E-state index < -0.39 is 11.6 Å². The number of nitrogens with zero attached hydrogens (tertiary/aromatic N) is 3. The molecule has 4 N–H and O–H groups in total. The van der Waals surface area contributed by atoms with Crippen LogP contribution in [-0.2, 0) is 6.42 Å². The average molecular weight is 481 g/mol. The fourth-order valence-electron chi connectivity index (χ4n) is 3.77. The Balaban J connectivity index is 1.66. The molecule has 4 rings (SSSR count). The summed E-state index contributed by atoms with van der Waals surface area (Å²) < 4.78 is 35.5. The zero-order valence-corrected chi connectivity index (χ0v) is 19.6. The number of rotatable bonds is 8. The number of methoxy groups -OCH3 is 1. The SMILES string of the molecule is CCc1cc(Nc2nccn3c(-c4ccc(OC)c(F)c4F)cnc23)ccc1C(=O)NC[C@@H](C)N. The standard InChI is InChI=1S/C25H26F2N6O2/c1-4-15-11-16(5-6-17(15)25(34)31-12-14(2)28)32-23-24-30-13-19(33(24)10-9-29-23)18-7-8-20(35-3)22(27)21(18)26/h5-11,13-14H,4,12,28H2,1-3H3,(H,29,32)(H,31,34)/t14-/m1/s1. The second kappa shape index (κ2) is 10.1. The minimum absolute atomic E-state index is 0.0448. The van der Waals surface area contributed by atoms with E-state index in [1.54, 1.807) is 22.7 Å². The van der Waals surface area contributed by atoms with E-state index in [0.717, 1.165) is 5.56 Å². The molecular weight excluding hydrogens is 454 g/mol. The van der Waals surface area contributed by atoms with Gasteiger partial charge in [0.05, 0.1) is 19.0 Å². The number of aryl methyl sites for hydroxylation is 1. The Labute approximate surface area is 201 Å². The third-order valence-electron chi connectivity index (χ3n) is 5.55. The van der Waals surface area contributed by atoms with Gasteiger partial charge in [-0.2, -0.15) is 4.39 Å². The Morgan fingerprint density at radius 2 is 2.00 bits per heavy atom. The quantitative estimate of drug-likeness (QED) is 0.351. The molecule has 2 aromatic carbocycles. The van der Waals surface area contributed by atoms with Crippen LogP contribution in [0.3, 0.4) is 0 Å². The van der Waals surface area contributed by atoms with Gasteiger partial charge in [-0.1, -0.05) is 6.92 Å². The van der Waals surface area contributed by atoms with E-state index in [1.807, 2.05) is 19.9 Å². The average Bonchev–Trinajstić information content (AvgIpc) is 3.29. The molecular formula is C25H26F2N6O2. The number of nitrogens with two attached hydrogens (primary N) is 1. The number of imidazole rings is 1. The summed E-state index contributed by atoms with van der Waals surface area (Å²) in [4.78, 5) is 21.3. The van der Waals surface area contributed by atoms with Crippen LogP contribution >= 0.6 is 0 Å². The molecule has 0 bridgehead atoms. The fourth-order valence-corrected chi connectivity index (χ4v) is 3.77. The third-order valence-corrected chi connectivity index (χ3v) is 5.55. The summed E-state index contributed by atoms with van der Waals surface area (Å²) >= 11 is 0. The number of anilines is 2. The minimum Gasteiger partial charge on any atom is -0.494 e. The molecule has 1 amide bonds. The maximum Gasteiger partial charge on any atom is 0.251 e. The number of carbonyl (C=O) groups excluding carboxylic acids is 1. The lowest BCUT2D eigenvalue weighted by molar-refractivity contribution is 0.0951. The lowest BCUT2D eigenvalue weighted by Gasteiger charge is -2.13. The van der Waals surface area contributed by atoms with Crippen LogP contribution in [-0.4, -0.2) is 40.0 Å². The Bertz CT molecular complexity index is 1390. The Kier molecular flexibility index (Phi) is 6.92. The summed E-state index contributed by atoms with van der Waals surface area (Å²) in [5.41, 5.74) is 8.69. The molecule has 8 nitrogen and oxygen atoms in total. The van der Waals surface area contributed by atoms with Crippen molar-refractivity contribution in [2.45, 2.75) is 26.3 Å². The molecule has 2 aromatic heterocycles. The number of fused-ring (bicyclic) bond motifs is 1. The van der Waals surface area contributed by atoms with Crippen LogP contribution in [0.25, 0.3) is 16.9 Å². The number of ether oxygens (including phenoxy) is 1. The summed E-state index contributed by atoms with van der Waals surface area (Å²) in [6.45, 7) is 4.17. The zero-order valence-electron chi connectivity index (χ0n) is 19.6. The van der Waals surface area contributed by atoms with Gasteiger partial charge in [0.2, 0.25) is 5.82 Å². The molecule has 182 valence electrons. The zero-order chi connectivity index (χ0) is 25.1. The molecule has 35 heavy (non-hydrogen) atoms. The van der Waals surface area contributed by atoms with Crippen LogP contribution in [0.15, 0.2) is 48.9 Å². The minimum atomic E-state index is -1.07. The molecule has 0 aliphatic rings. The highest BCUT2D eigenvalue weighted by Gasteiger charge is 2.19. The molecule has 4 aromatic rings. The number of hydrogen-bond acceptors (Lipinski definition) is 6. The monoisotopic (exact) mass is 480 g/mol. The summed E-state index contributed by atoms with van der Waals surface area (Å²) in [5.74, 6) is -2.03. The topological polar surface area (TPSA) is 107 Å². The maximum absolute atomic E-state index is 14.7. The van der Waals surface area contributed by atoms with Gasteiger partial charge in [0.1, 0.15) is 0 Å². The second-order valence-corrected chi connectivity index (χ2v) is 8.09. The molecule has 0 spiro atoms. The van der Waals surface area contributed by atoms with Crippen molar-refractivity contribution in [2.24, 2.45) is 5.73 Å². The first-order valence-corrected chi connectivity index (χ1v) is 11.1. The van der Waals surface area contributed by atoms with Crippen molar-refractivity contribution in [1.82, 2.24) is 19.7 Å². The van der Waals surface area contributed by atoms with Crippen molar-refractivity contribution in [3.63, 3.8) is 0 Å². The summed E-state index contributed by atoms with van der Waals surface area (Å²) in [5, 5.41) is 6.04. The van der Waals surface area contributed by atoms with E-state index in [4.69, 9.17) is 10.5 Å². The first-order valence-electron chi connectivity index (χ1n) is 11.1. The van der Waals surface area contributed by atoms with Crippen LogP contribution in [0, 0.1) is 11.6 Å². The third kappa shape index (κ3) is 4.78. The van der Waals surface area contributed by atoms with Gasteiger partial charge in [0.15, 0.2) is 23.0 Å². The number of amides is 1. The van der Waals surface area contributed by atoms with E-state index in [0.29, 0.717) is 41.4 Å². The smallest absolute Gasteiger partial charge is 0.251 e. The Hall–Kier alpha value is -4.05. The van der Waals surface area contributed by atoms with Crippen molar-refractivity contribution in [3.8, 4) is 17.0 Å². The molecule has 0 fully saturated rings. The Morgan fingerprint density at radius 1 is 1.20 bits per heavy atom. The molecule has 10 heteroatoms. The highest BCUT2D eigenvalue weighted by molar-refractivity contribution is 5.96. The lowest BCUT2D eigenvalue weighted by Crippen LogP contribution is -2.35. The molecule has 0 aliphatic heterocycles. The fraction of sp³-hybridized carbons (Fsp3) is 0.240. The highest BCUT2D eigenvalue weighted by atomic mass is 19.2. The highest BCUT2D eigenvalue weighted by Crippen LogP contribution is 2.31. The lowest BCUT2D eigenvalue weighted by atomic mass is 10.0. The van der Waals surface area contributed by atoms with E-state index in [2.05, 4.69) is 20.6 Å². The number of hydrogen-bond donors (Lipinski definition) is 3. The van der Waals surface area contributed by atoms with Gasteiger partial charge in [-0.3, -0.25) is 9.20 Å². The Morgan fingerprint density at radius 3 is 2.71 bits per heavy atom. The van der Waals surface area contributed by atoms with Crippen LogP contribution in [0.2, 0.25) is 0 Å². The number of halogens is 2. The molecule has 0 aliphatic carbocycles. The van der Waals surface area contributed by atoms with Crippen molar-refractivity contribution in [1.29, 1.82) is 0 Å². The van der Waals surface area contributed by atoms with E-state index in [1.165, 1.54) is 31.6 Å². The normalized spacial score (nSPS) is 11.9. The van der Waals surface area contributed by atoms with Crippen molar-refractivity contribution in [3.05, 3.63) is 71.7 Å². The van der Waals surface area contributed by atoms with Gasteiger partial charge in [-0.05, 0) is 49.2 Å². The number of benzene rings is 2. The van der Waals surface area contributed by atoms with Gasteiger partial charge >= 0.3 is 0 Å². The van der Waals surface area contributed by atoms with Gasteiger partial charge in [-0.15, -0.1) is 0 Å². The molecule has 0 saturated carbocycles. The van der Waals surface area contributed by atoms with E-state index in [-0.39, 0.29) is 23.3 Å². The number of nitrogens with one attached hydrogen (secondary N) is 2. The predicted octanol–water partition coefficient (Wildman–Crippen LogP) is 4.07. The number of aromatic nitrogens is 3. The van der Waals surface area contributed by atoms with Crippen LogP contribution in [0.1, 0.15) is 29.8 Å². The molecule has 0 unspecified atom stereocenters. The van der Waals surface area contributed by atoms with Crippen molar-refractivity contribution in [2.75, 3.05) is 19.0 Å². The van der Waals surface area contributed by atoms with Gasteiger partial charge in [0.25, 0.3) is 5.91 Å². The maximum atomic E-state index is 14.7. The molecule has 2 heterocycles. The number of carbonyl (C=O) groups is 1. The van der Waals surface area contributed by atoms with Crippen LogP contribution in [0.4, 0.5) is 20.3 Å². The van der Waals surface area contributed by atoms with Crippen LogP contribution in [0.5, 0.6) is 5.75 Å². The van der Waals surface area contributed by atoms with Crippen molar-refractivity contribution < 1.29 is 18.3 Å². The second-order valence-electron chi connectivity index (χ2n) is 8.09. The molecule has 1 atom stereocenters.